The van der Waals surface area contributed by atoms with Gasteiger partial charge in [-0.3, -0.25) is 0 Å². The first-order chi connectivity index (χ1) is 16.6. The van der Waals surface area contributed by atoms with E-state index in [2.05, 4.69) is 34.9 Å². The standard InChI is InChI=1S/C31H63N2.Au/c1-3-5-7-9-11-13-15-17-19-21-23-25-27-29-30(31(32)33)28-26-24-22-20-18-16-14-12-10-8-6-4-2;/h3-29H2,1-2H3,(H3,32,33);. The molecule has 0 saturated carbocycles. The molecule has 0 aromatic heterocycles. The fourth-order valence-electron chi connectivity index (χ4n) is 5.04. The Balaban J connectivity index is 3.58. The van der Waals surface area contributed by atoms with Gasteiger partial charge in [-0.1, -0.05) is 46.0 Å². The fraction of sp³-hybridized carbons (Fsp3) is 0.968. The molecule has 0 aliphatic carbocycles. The molecule has 0 spiro atoms. The van der Waals surface area contributed by atoms with Crippen LogP contribution in [0.5, 0.6) is 0 Å². The zero-order chi connectivity index (χ0) is 25.2. The maximum absolute atomic E-state index is 8.13. The first-order valence-corrected chi connectivity index (χ1v) is 16.6. The molecule has 0 aliphatic rings. The Kier molecular flexibility index (Phi) is 26.4. The molecule has 0 rings (SSSR count). The molecule has 0 radical (unpaired) electrons. The van der Waals surface area contributed by atoms with Crippen LogP contribution in [0.2, 0.25) is 3.63 Å². The van der Waals surface area contributed by atoms with Crippen molar-refractivity contribution in [3.63, 3.8) is 0 Å². The first-order valence-electron chi connectivity index (χ1n) is 15.6. The Morgan fingerprint density at radius 3 is 0.882 bits per heavy atom. The fourth-order valence-corrected chi connectivity index (χ4v) is 5.80. The van der Waals surface area contributed by atoms with Crippen LogP contribution >= 0.6 is 0 Å². The predicted molar refractivity (Wildman–Crippen MR) is 151 cm³/mol. The average Bonchev–Trinajstić information content (AvgIpc) is 2.82. The minimum absolute atomic E-state index is 0.115. The Morgan fingerprint density at radius 1 is 0.471 bits per heavy atom. The zero-order valence-corrected chi connectivity index (χ0v) is 25.6. The van der Waals surface area contributed by atoms with E-state index in [0.717, 1.165) is 12.8 Å². The van der Waals surface area contributed by atoms with Gasteiger partial charge in [0.2, 0.25) is 0 Å². The van der Waals surface area contributed by atoms with Crippen molar-refractivity contribution >= 4 is 5.84 Å². The molecule has 0 aliphatic heterocycles. The van der Waals surface area contributed by atoms with Crippen molar-refractivity contribution < 1.29 is 21.1 Å². The normalized spacial score (nSPS) is 13.3. The van der Waals surface area contributed by atoms with Crippen LogP contribution in [-0.4, -0.2) is 5.84 Å². The van der Waals surface area contributed by atoms with Crippen LogP contribution in [0.25, 0.3) is 0 Å². The number of hydrogen-bond donors (Lipinski definition) is 2. The maximum atomic E-state index is 8.13. The molecule has 0 saturated heterocycles. The minimum atomic E-state index is -0.115. The Labute approximate surface area is 228 Å². The first kappa shape index (κ1) is 34.2. The van der Waals surface area contributed by atoms with Crippen molar-refractivity contribution in [3.8, 4) is 0 Å². The molecular weight excluding hydrogens is 597 g/mol. The summed E-state index contributed by atoms with van der Waals surface area (Å²) in [6.07, 6.45) is 36.9. The molecule has 1 unspecified atom stereocenters. The molecular formula is C31H63AuN2. The van der Waals surface area contributed by atoms with Gasteiger partial charge in [-0.25, -0.2) is 0 Å². The quantitative estimate of drug-likeness (QED) is 0.0373. The molecule has 208 valence electrons. The van der Waals surface area contributed by atoms with E-state index in [9.17, 15) is 0 Å². The van der Waals surface area contributed by atoms with Crippen LogP contribution in [0.1, 0.15) is 187 Å². The molecule has 0 bridgehead atoms. The third kappa shape index (κ3) is 22.7. The molecule has 0 heterocycles. The topological polar surface area (TPSA) is 49.9 Å². The van der Waals surface area contributed by atoms with Gasteiger partial charge >= 0.3 is 183 Å². The third-order valence-corrected chi connectivity index (χ3v) is 9.19. The Bertz CT molecular complexity index is 426. The Morgan fingerprint density at radius 2 is 0.676 bits per heavy atom. The molecule has 3 N–H and O–H groups in total. The summed E-state index contributed by atoms with van der Waals surface area (Å²) in [7, 11) is 0. The number of rotatable bonds is 28. The summed E-state index contributed by atoms with van der Waals surface area (Å²) >= 11 is 2.72. The van der Waals surface area contributed by atoms with Gasteiger partial charge < -0.3 is 0 Å². The zero-order valence-electron chi connectivity index (χ0n) is 23.5. The van der Waals surface area contributed by atoms with Gasteiger partial charge in [-0.15, -0.1) is 0 Å². The van der Waals surface area contributed by atoms with Gasteiger partial charge in [0.25, 0.3) is 0 Å². The summed E-state index contributed by atoms with van der Waals surface area (Å²) in [5, 5.41) is 8.13. The Hall–Kier alpha value is 0.210. The number of unbranched alkanes of at least 4 members (excludes halogenated alkanes) is 23. The van der Waals surface area contributed by atoms with Crippen molar-refractivity contribution in [2.45, 2.75) is 191 Å². The van der Waals surface area contributed by atoms with Gasteiger partial charge in [-0.2, -0.15) is 0 Å². The summed E-state index contributed by atoms with van der Waals surface area (Å²) in [4.78, 5) is 0. The van der Waals surface area contributed by atoms with E-state index in [1.165, 1.54) is 161 Å². The van der Waals surface area contributed by atoms with Gasteiger partial charge in [0.1, 0.15) is 0 Å². The van der Waals surface area contributed by atoms with Gasteiger partial charge in [-0.05, 0) is 0 Å². The molecule has 0 amide bonds. The number of hydrogen-bond acceptors (Lipinski definition) is 1. The summed E-state index contributed by atoms with van der Waals surface area (Å²) < 4.78 is -0.115. The van der Waals surface area contributed by atoms with E-state index in [-0.39, 0.29) is 3.63 Å². The third-order valence-electron chi connectivity index (χ3n) is 7.53. The van der Waals surface area contributed by atoms with Gasteiger partial charge in [0, 0.05) is 0 Å². The molecule has 0 aromatic carbocycles. The predicted octanol–water partition coefficient (Wildman–Crippen LogP) is 11.2. The van der Waals surface area contributed by atoms with E-state index >= 15 is 0 Å². The SMILES string of the molecule is CCCCCCCCCCCCCCC[C]([Au])(CCCCCCCCCCCCCC)C(=N)N. The molecule has 3 heteroatoms. The van der Waals surface area contributed by atoms with Crippen LogP contribution < -0.4 is 5.73 Å². The van der Waals surface area contributed by atoms with E-state index in [4.69, 9.17) is 11.1 Å². The summed E-state index contributed by atoms with van der Waals surface area (Å²) in [6, 6.07) is 0. The second kappa shape index (κ2) is 26.3. The van der Waals surface area contributed by atoms with E-state index < -0.39 is 0 Å². The summed E-state index contributed by atoms with van der Waals surface area (Å²) in [5.41, 5.74) is 6.03. The van der Waals surface area contributed by atoms with Crippen LogP contribution in [0, 0.1) is 5.41 Å². The summed E-state index contributed by atoms with van der Waals surface area (Å²) in [6.45, 7) is 4.58. The van der Waals surface area contributed by atoms with Gasteiger partial charge in [0.15, 0.2) is 0 Å². The van der Waals surface area contributed by atoms with Crippen LogP contribution in [0.4, 0.5) is 0 Å². The second-order valence-corrected chi connectivity index (χ2v) is 13.0. The van der Waals surface area contributed by atoms with E-state index in [0.29, 0.717) is 5.84 Å². The van der Waals surface area contributed by atoms with Gasteiger partial charge in [0.05, 0.1) is 0 Å². The van der Waals surface area contributed by atoms with Crippen molar-refractivity contribution in [2.24, 2.45) is 5.73 Å². The molecule has 1 atom stereocenters. The average molecular weight is 661 g/mol. The van der Waals surface area contributed by atoms with Crippen LogP contribution in [-0.2, 0) is 21.1 Å². The van der Waals surface area contributed by atoms with Crippen LogP contribution in [0.15, 0.2) is 0 Å². The molecule has 34 heavy (non-hydrogen) atoms. The van der Waals surface area contributed by atoms with E-state index in [1.807, 2.05) is 0 Å². The van der Waals surface area contributed by atoms with Crippen molar-refractivity contribution in [1.29, 1.82) is 5.41 Å². The van der Waals surface area contributed by atoms with Crippen LogP contribution in [0.3, 0.4) is 0 Å². The number of amidine groups is 1. The second-order valence-electron chi connectivity index (χ2n) is 10.9. The van der Waals surface area contributed by atoms with Crippen molar-refractivity contribution in [1.82, 2.24) is 0 Å². The number of nitrogens with one attached hydrogen (secondary N) is 1. The van der Waals surface area contributed by atoms with Crippen molar-refractivity contribution in [3.05, 3.63) is 0 Å². The molecule has 0 aromatic rings. The number of nitrogens with two attached hydrogens (primary N) is 1. The summed E-state index contributed by atoms with van der Waals surface area (Å²) in [5.74, 6) is 0.401. The molecule has 0 fully saturated rings. The molecule has 2 nitrogen and oxygen atoms in total. The van der Waals surface area contributed by atoms with E-state index in [1.54, 1.807) is 0 Å². The monoisotopic (exact) mass is 660 g/mol. The van der Waals surface area contributed by atoms with Crippen molar-refractivity contribution in [2.75, 3.05) is 0 Å².